The van der Waals surface area contributed by atoms with E-state index in [0.29, 0.717) is 11.5 Å². The van der Waals surface area contributed by atoms with Gasteiger partial charge in [0.15, 0.2) is 0 Å². The van der Waals surface area contributed by atoms with E-state index in [0.717, 1.165) is 11.8 Å². The van der Waals surface area contributed by atoms with Crippen LogP contribution in [0.5, 0.6) is 0 Å². The van der Waals surface area contributed by atoms with Crippen molar-refractivity contribution in [1.29, 1.82) is 0 Å². The van der Waals surface area contributed by atoms with Gasteiger partial charge in [-0.25, -0.2) is 0 Å². The average molecular weight is 229 g/mol. The van der Waals surface area contributed by atoms with Gasteiger partial charge in [-0.15, -0.1) is 0 Å². The van der Waals surface area contributed by atoms with Crippen LogP contribution < -0.4 is 5.73 Å². The molecule has 2 N–H and O–H groups in total. The first-order chi connectivity index (χ1) is 6.97. The van der Waals surface area contributed by atoms with Crippen molar-refractivity contribution in [1.82, 2.24) is 0 Å². The number of hydrogen-bond donors (Lipinski definition) is 1. The van der Waals surface area contributed by atoms with E-state index in [1.165, 1.54) is 31.4 Å². The van der Waals surface area contributed by atoms with E-state index >= 15 is 0 Å². The Kier molecular flexibility index (Phi) is 4.98. The minimum atomic E-state index is 0.433. The second-order valence-corrected chi connectivity index (χ2v) is 6.91. The highest BCUT2D eigenvalue weighted by Gasteiger charge is 2.36. The second kappa shape index (κ2) is 5.58. The lowest BCUT2D eigenvalue weighted by molar-refractivity contribution is 0.110. The highest BCUT2D eigenvalue weighted by atomic mass is 32.2. The van der Waals surface area contributed by atoms with Crippen molar-refractivity contribution in [2.24, 2.45) is 23.0 Å². The van der Waals surface area contributed by atoms with Crippen LogP contribution >= 0.6 is 11.8 Å². The Balaban J connectivity index is 2.53. The van der Waals surface area contributed by atoms with Crippen LogP contribution in [0.15, 0.2) is 0 Å². The van der Waals surface area contributed by atoms with Crippen LogP contribution in [0, 0.1) is 17.3 Å². The van der Waals surface area contributed by atoms with Crippen LogP contribution in [0.25, 0.3) is 0 Å². The molecule has 1 aliphatic carbocycles. The van der Waals surface area contributed by atoms with Crippen LogP contribution in [0.3, 0.4) is 0 Å². The molecule has 0 saturated heterocycles. The zero-order valence-corrected chi connectivity index (χ0v) is 11.6. The molecule has 0 amide bonds. The molecule has 15 heavy (non-hydrogen) atoms. The highest BCUT2D eigenvalue weighted by molar-refractivity contribution is 7.98. The molecule has 1 rings (SSSR count). The normalized spacial score (nSPS) is 33.0. The molecule has 0 bridgehead atoms. The van der Waals surface area contributed by atoms with Gasteiger partial charge in [0.25, 0.3) is 0 Å². The Hall–Kier alpha value is 0.310. The van der Waals surface area contributed by atoms with Crippen LogP contribution in [0.4, 0.5) is 0 Å². The van der Waals surface area contributed by atoms with Crippen LogP contribution in [-0.4, -0.2) is 18.1 Å². The molecule has 0 aliphatic heterocycles. The number of rotatable bonds is 4. The van der Waals surface area contributed by atoms with Gasteiger partial charge >= 0.3 is 0 Å². The second-order valence-electron chi connectivity index (χ2n) is 5.92. The molecule has 90 valence electrons. The molecule has 0 aromatic heterocycles. The molecule has 2 heteroatoms. The maximum atomic E-state index is 6.32. The van der Waals surface area contributed by atoms with E-state index in [4.69, 9.17) is 5.73 Å². The van der Waals surface area contributed by atoms with E-state index in [-0.39, 0.29) is 0 Å². The van der Waals surface area contributed by atoms with Crippen molar-refractivity contribution in [3.8, 4) is 0 Å². The monoisotopic (exact) mass is 229 g/mol. The first-order valence-corrected chi connectivity index (χ1v) is 7.61. The van der Waals surface area contributed by atoms with Gasteiger partial charge in [-0.1, -0.05) is 27.2 Å². The summed E-state index contributed by atoms with van der Waals surface area (Å²) < 4.78 is 0. The van der Waals surface area contributed by atoms with Crippen molar-refractivity contribution < 1.29 is 0 Å². The molecular weight excluding hydrogens is 202 g/mol. The lowest BCUT2D eigenvalue weighted by atomic mass is 9.65. The molecule has 0 radical (unpaired) electrons. The summed E-state index contributed by atoms with van der Waals surface area (Å²) in [7, 11) is 0. The lowest BCUT2D eigenvalue weighted by Gasteiger charge is -2.43. The minimum Gasteiger partial charge on any atom is -0.327 e. The third-order valence-electron chi connectivity index (χ3n) is 4.12. The van der Waals surface area contributed by atoms with Gasteiger partial charge in [-0.05, 0) is 48.5 Å². The summed E-state index contributed by atoms with van der Waals surface area (Å²) in [6.45, 7) is 7.15. The molecule has 1 saturated carbocycles. The Morgan fingerprint density at radius 1 is 1.33 bits per heavy atom. The van der Waals surface area contributed by atoms with Crippen molar-refractivity contribution in [3.63, 3.8) is 0 Å². The largest absolute Gasteiger partial charge is 0.327 e. The SMILES string of the molecule is CSCCC(C)(C)C1CCC(C)CC1N. The number of thioether (sulfide) groups is 1. The number of nitrogens with two attached hydrogens (primary N) is 1. The fourth-order valence-electron chi connectivity index (χ4n) is 2.95. The quantitative estimate of drug-likeness (QED) is 0.798. The summed E-state index contributed by atoms with van der Waals surface area (Å²) in [5, 5.41) is 0. The fourth-order valence-corrected chi connectivity index (χ4v) is 3.68. The molecule has 0 heterocycles. The van der Waals surface area contributed by atoms with E-state index in [1.807, 2.05) is 11.8 Å². The van der Waals surface area contributed by atoms with Crippen molar-refractivity contribution in [3.05, 3.63) is 0 Å². The summed E-state index contributed by atoms with van der Waals surface area (Å²) in [6, 6.07) is 0.436. The molecule has 0 spiro atoms. The standard InChI is InChI=1S/C13H27NS/c1-10-5-6-11(12(14)9-10)13(2,3)7-8-15-4/h10-12H,5-9,14H2,1-4H3. The minimum absolute atomic E-state index is 0.433. The van der Waals surface area contributed by atoms with E-state index in [1.54, 1.807) is 0 Å². The predicted octanol–water partition coefficient (Wildman–Crippen LogP) is 3.53. The van der Waals surface area contributed by atoms with Gasteiger partial charge in [-0.2, -0.15) is 11.8 Å². The van der Waals surface area contributed by atoms with Gasteiger partial charge < -0.3 is 5.73 Å². The molecule has 3 atom stereocenters. The first kappa shape index (κ1) is 13.4. The smallest absolute Gasteiger partial charge is 0.00748 e. The Bertz CT molecular complexity index is 191. The molecule has 1 nitrogen and oxygen atoms in total. The maximum Gasteiger partial charge on any atom is 0.00748 e. The summed E-state index contributed by atoms with van der Waals surface area (Å²) in [5.74, 6) is 2.85. The Morgan fingerprint density at radius 2 is 2.00 bits per heavy atom. The molecule has 0 aromatic rings. The first-order valence-electron chi connectivity index (χ1n) is 6.22. The average Bonchev–Trinajstić information content (AvgIpc) is 2.14. The summed E-state index contributed by atoms with van der Waals surface area (Å²) in [6.07, 6.45) is 7.44. The third-order valence-corrected chi connectivity index (χ3v) is 4.73. The predicted molar refractivity (Wildman–Crippen MR) is 71.3 cm³/mol. The summed E-state index contributed by atoms with van der Waals surface area (Å²) in [4.78, 5) is 0. The van der Waals surface area contributed by atoms with Gasteiger partial charge in [0.1, 0.15) is 0 Å². The van der Waals surface area contributed by atoms with Gasteiger partial charge in [-0.3, -0.25) is 0 Å². The Labute approximate surface area is 99.6 Å². The van der Waals surface area contributed by atoms with Crippen LogP contribution in [0.2, 0.25) is 0 Å². The maximum absolute atomic E-state index is 6.32. The molecule has 1 aliphatic rings. The van der Waals surface area contributed by atoms with Crippen LogP contribution in [0.1, 0.15) is 46.5 Å². The Morgan fingerprint density at radius 3 is 2.53 bits per heavy atom. The van der Waals surface area contributed by atoms with E-state index < -0.39 is 0 Å². The molecule has 3 unspecified atom stereocenters. The van der Waals surface area contributed by atoms with Gasteiger partial charge in [0, 0.05) is 6.04 Å². The van der Waals surface area contributed by atoms with Gasteiger partial charge in [0.05, 0.1) is 0 Å². The van der Waals surface area contributed by atoms with E-state index in [9.17, 15) is 0 Å². The zero-order chi connectivity index (χ0) is 11.5. The molecule has 1 fully saturated rings. The molecule has 0 aromatic carbocycles. The summed E-state index contributed by atoms with van der Waals surface area (Å²) >= 11 is 1.95. The molecular formula is C13H27NS. The van der Waals surface area contributed by atoms with Gasteiger partial charge in [0.2, 0.25) is 0 Å². The van der Waals surface area contributed by atoms with Crippen molar-refractivity contribution in [2.75, 3.05) is 12.0 Å². The van der Waals surface area contributed by atoms with Crippen molar-refractivity contribution >= 4 is 11.8 Å². The third kappa shape index (κ3) is 3.67. The van der Waals surface area contributed by atoms with Crippen LogP contribution in [-0.2, 0) is 0 Å². The fraction of sp³-hybridized carbons (Fsp3) is 1.00. The summed E-state index contributed by atoms with van der Waals surface area (Å²) in [5.41, 5.74) is 6.75. The topological polar surface area (TPSA) is 26.0 Å². The zero-order valence-electron chi connectivity index (χ0n) is 10.8. The van der Waals surface area contributed by atoms with Crippen molar-refractivity contribution in [2.45, 2.75) is 52.5 Å². The highest BCUT2D eigenvalue weighted by Crippen LogP contribution is 2.41. The number of hydrogen-bond acceptors (Lipinski definition) is 2. The van der Waals surface area contributed by atoms with E-state index in [2.05, 4.69) is 27.0 Å². The lowest BCUT2D eigenvalue weighted by Crippen LogP contribution is -2.44.